The highest BCUT2D eigenvalue weighted by atomic mass is 19.1. The van der Waals surface area contributed by atoms with E-state index in [1.165, 1.54) is 6.07 Å². The van der Waals surface area contributed by atoms with Crippen molar-refractivity contribution < 1.29 is 9.18 Å². The number of nitrogens with one attached hydrogen (secondary N) is 2. The van der Waals surface area contributed by atoms with Gasteiger partial charge in [-0.05, 0) is 36.8 Å². The van der Waals surface area contributed by atoms with Crippen molar-refractivity contribution in [3.63, 3.8) is 0 Å². The van der Waals surface area contributed by atoms with Gasteiger partial charge in [-0.25, -0.2) is 4.39 Å². The zero-order valence-corrected chi connectivity index (χ0v) is 11.7. The Bertz CT molecular complexity index is 485. The lowest BCUT2D eigenvalue weighted by atomic mass is 9.92. The normalized spacial score (nSPS) is 21.2. The number of para-hydroxylation sites is 1. The molecule has 2 N–H and O–H groups in total. The second-order valence-corrected chi connectivity index (χ2v) is 5.99. The molecule has 19 heavy (non-hydrogen) atoms. The molecule has 3 nitrogen and oxygen atoms in total. The minimum Gasteiger partial charge on any atom is -0.385 e. The number of benzene rings is 1. The van der Waals surface area contributed by atoms with Crippen molar-refractivity contribution in [1.29, 1.82) is 0 Å². The molecule has 2 rings (SSSR count). The Kier molecular flexibility index (Phi) is 3.78. The molecule has 0 spiro atoms. The van der Waals surface area contributed by atoms with E-state index in [0.29, 0.717) is 5.56 Å². The lowest BCUT2D eigenvalue weighted by molar-refractivity contribution is 0.0936. The number of hydrogen-bond donors (Lipinski definition) is 2. The van der Waals surface area contributed by atoms with Crippen molar-refractivity contribution in [3.05, 3.63) is 29.6 Å². The maximum Gasteiger partial charge on any atom is 0.253 e. The van der Waals surface area contributed by atoms with Gasteiger partial charge in [-0.3, -0.25) is 4.79 Å². The smallest absolute Gasteiger partial charge is 0.253 e. The Morgan fingerprint density at radius 1 is 1.42 bits per heavy atom. The number of halogens is 1. The third kappa shape index (κ3) is 3.06. The van der Waals surface area contributed by atoms with E-state index in [4.69, 9.17) is 0 Å². The van der Waals surface area contributed by atoms with Crippen LogP contribution in [-0.2, 0) is 0 Å². The van der Waals surface area contributed by atoms with Gasteiger partial charge in [0, 0.05) is 13.1 Å². The average Bonchev–Trinajstić information content (AvgIpc) is 2.68. The Hall–Kier alpha value is -1.58. The van der Waals surface area contributed by atoms with Crippen molar-refractivity contribution in [3.8, 4) is 0 Å². The van der Waals surface area contributed by atoms with Gasteiger partial charge < -0.3 is 10.6 Å². The summed E-state index contributed by atoms with van der Waals surface area (Å²) < 4.78 is 13.6. The second kappa shape index (κ2) is 5.19. The quantitative estimate of drug-likeness (QED) is 0.880. The molecule has 4 heteroatoms. The van der Waals surface area contributed by atoms with Crippen LogP contribution < -0.4 is 10.6 Å². The number of carbonyl (C=O) groups is 1. The average molecular weight is 264 g/mol. The van der Waals surface area contributed by atoms with E-state index in [9.17, 15) is 9.18 Å². The van der Waals surface area contributed by atoms with Crippen LogP contribution >= 0.6 is 0 Å². The summed E-state index contributed by atoms with van der Waals surface area (Å²) in [7, 11) is 1.62. The van der Waals surface area contributed by atoms with Crippen molar-refractivity contribution in [2.24, 2.45) is 5.41 Å². The van der Waals surface area contributed by atoms with Gasteiger partial charge >= 0.3 is 0 Å². The van der Waals surface area contributed by atoms with Gasteiger partial charge in [0.25, 0.3) is 5.91 Å². The molecule has 1 amide bonds. The molecule has 1 aromatic carbocycles. The lowest BCUT2D eigenvalue weighted by Gasteiger charge is -2.18. The van der Waals surface area contributed by atoms with E-state index < -0.39 is 5.82 Å². The van der Waals surface area contributed by atoms with Crippen LogP contribution in [-0.4, -0.2) is 19.0 Å². The highest BCUT2D eigenvalue weighted by Gasteiger charge is 2.32. The summed E-state index contributed by atoms with van der Waals surface area (Å²) in [4.78, 5) is 12.2. The van der Waals surface area contributed by atoms with Gasteiger partial charge in [-0.15, -0.1) is 0 Å². The van der Waals surface area contributed by atoms with E-state index in [1.807, 2.05) is 0 Å². The molecule has 0 aromatic heterocycles. The second-order valence-electron chi connectivity index (χ2n) is 5.99. The van der Waals surface area contributed by atoms with Gasteiger partial charge in [0.2, 0.25) is 0 Å². The topological polar surface area (TPSA) is 41.1 Å². The Morgan fingerprint density at radius 2 is 2.16 bits per heavy atom. The summed E-state index contributed by atoms with van der Waals surface area (Å²) in [6.45, 7) is 4.42. The molecule has 1 aliphatic rings. The molecule has 1 aromatic rings. The molecular formula is C15H21FN2O. The molecule has 1 fully saturated rings. The maximum absolute atomic E-state index is 13.6. The standard InChI is InChI=1S/C15H21FN2O/c1-15(2)8-7-10(9-15)18-14(19)11-5-4-6-12(16)13(11)17-3/h4-6,10,17H,7-9H2,1-3H3,(H,18,19). The molecular weight excluding hydrogens is 243 g/mol. The predicted molar refractivity (Wildman–Crippen MR) is 74.8 cm³/mol. The highest BCUT2D eigenvalue weighted by molar-refractivity contribution is 5.99. The molecule has 0 heterocycles. The Balaban J connectivity index is 2.11. The monoisotopic (exact) mass is 264 g/mol. The van der Waals surface area contributed by atoms with Gasteiger partial charge in [0.15, 0.2) is 0 Å². The lowest BCUT2D eigenvalue weighted by Crippen LogP contribution is -2.34. The molecule has 1 aliphatic carbocycles. The molecule has 1 atom stereocenters. The molecule has 1 unspecified atom stereocenters. The molecule has 0 saturated heterocycles. The van der Waals surface area contributed by atoms with Gasteiger partial charge in [-0.1, -0.05) is 19.9 Å². The van der Waals surface area contributed by atoms with Crippen LogP contribution in [0, 0.1) is 11.2 Å². The Labute approximate surface area is 113 Å². The third-order valence-electron chi connectivity index (χ3n) is 3.81. The van der Waals surface area contributed by atoms with Gasteiger partial charge in [-0.2, -0.15) is 0 Å². The third-order valence-corrected chi connectivity index (χ3v) is 3.81. The summed E-state index contributed by atoms with van der Waals surface area (Å²) in [5.41, 5.74) is 0.913. The van der Waals surface area contributed by atoms with E-state index in [-0.39, 0.29) is 23.1 Å². The zero-order valence-electron chi connectivity index (χ0n) is 11.7. The van der Waals surface area contributed by atoms with Crippen LogP contribution in [0.2, 0.25) is 0 Å². The van der Waals surface area contributed by atoms with Gasteiger partial charge in [0.05, 0.1) is 11.3 Å². The fraction of sp³-hybridized carbons (Fsp3) is 0.533. The number of amides is 1. The fourth-order valence-corrected chi connectivity index (χ4v) is 2.79. The molecule has 104 valence electrons. The van der Waals surface area contributed by atoms with E-state index in [1.54, 1.807) is 19.2 Å². The van der Waals surface area contributed by atoms with Crippen LogP contribution in [0.15, 0.2) is 18.2 Å². The van der Waals surface area contributed by atoms with E-state index in [0.717, 1.165) is 19.3 Å². The summed E-state index contributed by atoms with van der Waals surface area (Å²) >= 11 is 0. The van der Waals surface area contributed by atoms with Crippen molar-refractivity contribution in [2.75, 3.05) is 12.4 Å². The van der Waals surface area contributed by atoms with Crippen molar-refractivity contribution in [1.82, 2.24) is 5.32 Å². The first-order valence-electron chi connectivity index (χ1n) is 6.70. The van der Waals surface area contributed by atoms with Crippen molar-refractivity contribution >= 4 is 11.6 Å². The molecule has 0 aliphatic heterocycles. The molecule has 1 saturated carbocycles. The Morgan fingerprint density at radius 3 is 2.74 bits per heavy atom. The predicted octanol–water partition coefficient (Wildman–Crippen LogP) is 3.18. The summed E-state index contributed by atoms with van der Waals surface area (Å²) in [6, 6.07) is 4.74. The number of rotatable bonds is 3. The van der Waals surface area contributed by atoms with E-state index in [2.05, 4.69) is 24.5 Å². The largest absolute Gasteiger partial charge is 0.385 e. The van der Waals surface area contributed by atoms with Crippen LogP contribution in [0.4, 0.5) is 10.1 Å². The highest BCUT2D eigenvalue weighted by Crippen LogP contribution is 2.37. The van der Waals surface area contributed by atoms with Crippen LogP contribution in [0.1, 0.15) is 43.5 Å². The van der Waals surface area contributed by atoms with Crippen LogP contribution in [0.25, 0.3) is 0 Å². The number of hydrogen-bond acceptors (Lipinski definition) is 2. The number of anilines is 1. The van der Waals surface area contributed by atoms with Crippen LogP contribution in [0.5, 0.6) is 0 Å². The van der Waals surface area contributed by atoms with Crippen LogP contribution in [0.3, 0.4) is 0 Å². The molecule has 0 bridgehead atoms. The zero-order chi connectivity index (χ0) is 14.0. The van der Waals surface area contributed by atoms with E-state index >= 15 is 0 Å². The first-order chi connectivity index (χ1) is 8.93. The number of carbonyl (C=O) groups excluding carboxylic acids is 1. The summed E-state index contributed by atoms with van der Waals surface area (Å²) in [6.07, 6.45) is 3.08. The maximum atomic E-state index is 13.6. The molecule has 0 radical (unpaired) electrons. The minimum absolute atomic E-state index is 0.190. The first kappa shape index (κ1) is 13.8. The SMILES string of the molecule is CNc1c(F)cccc1C(=O)NC1CCC(C)(C)C1. The first-order valence-corrected chi connectivity index (χ1v) is 6.70. The summed E-state index contributed by atoms with van der Waals surface area (Å²) in [5.74, 6) is -0.603. The minimum atomic E-state index is -0.401. The fourth-order valence-electron chi connectivity index (χ4n) is 2.79. The summed E-state index contributed by atoms with van der Waals surface area (Å²) in [5, 5.41) is 5.76. The van der Waals surface area contributed by atoms with Crippen molar-refractivity contribution in [2.45, 2.75) is 39.2 Å². The van der Waals surface area contributed by atoms with Gasteiger partial charge in [0.1, 0.15) is 5.82 Å².